The van der Waals surface area contributed by atoms with Crippen molar-refractivity contribution in [3.63, 3.8) is 0 Å². The van der Waals surface area contributed by atoms with Gasteiger partial charge in [-0.1, -0.05) is 40.2 Å². The van der Waals surface area contributed by atoms with Crippen LogP contribution in [0.15, 0.2) is 34.8 Å². The van der Waals surface area contributed by atoms with Crippen molar-refractivity contribution in [2.75, 3.05) is 0 Å². The van der Waals surface area contributed by atoms with Gasteiger partial charge in [-0.3, -0.25) is 4.79 Å². The molecule has 0 aliphatic rings. The number of carbonyl (C=O) groups excluding carboxylic acids is 1. The van der Waals surface area contributed by atoms with Crippen LogP contribution in [0.1, 0.15) is 12.0 Å². The van der Waals surface area contributed by atoms with Crippen molar-refractivity contribution in [1.82, 2.24) is 0 Å². The summed E-state index contributed by atoms with van der Waals surface area (Å²) < 4.78 is 1.06. The van der Waals surface area contributed by atoms with Crippen LogP contribution in [0.25, 0.3) is 6.08 Å². The number of rotatable bonds is 3. The van der Waals surface area contributed by atoms with E-state index < -0.39 is 0 Å². The van der Waals surface area contributed by atoms with Crippen LogP contribution in [0.3, 0.4) is 0 Å². The molecule has 0 fully saturated rings. The summed E-state index contributed by atoms with van der Waals surface area (Å²) in [7, 11) is 0. The van der Waals surface area contributed by atoms with Crippen LogP contribution in [0, 0.1) is 0 Å². The Morgan fingerprint density at radius 2 is 2.00 bits per heavy atom. The monoisotopic (exact) mass is 223 g/mol. The van der Waals surface area contributed by atoms with Crippen molar-refractivity contribution in [2.24, 2.45) is 0 Å². The van der Waals surface area contributed by atoms with E-state index in [9.17, 15) is 4.79 Å². The summed E-state index contributed by atoms with van der Waals surface area (Å²) in [6, 6.07) is 7.88. The Labute approximate surface area is 80.2 Å². The Hall–Kier alpha value is -0.890. The van der Waals surface area contributed by atoms with Gasteiger partial charge in [0.15, 0.2) is 0 Å². The molecule has 0 heterocycles. The highest BCUT2D eigenvalue weighted by Crippen LogP contribution is 2.11. The van der Waals surface area contributed by atoms with Gasteiger partial charge in [0.25, 0.3) is 0 Å². The molecule has 1 nitrogen and oxygen atoms in total. The van der Waals surface area contributed by atoms with Gasteiger partial charge in [-0.05, 0) is 17.7 Å². The number of benzene rings is 1. The summed E-state index contributed by atoms with van der Waals surface area (Å²) in [5, 5.41) is 0. The molecule has 0 saturated heterocycles. The highest BCUT2D eigenvalue weighted by molar-refractivity contribution is 9.10. The Morgan fingerprint density at radius 1 is 1.33 bits per heavy atom. The Balaban J connectivity index is 2.64. The summed E-state index contributed by atoms with van der Waals surface area (Å²) in [5.41, 5.74) is 1.09. The zero-order valence-corrected chi connectivity index (χ0v) is 8.04. The van der Waals surface area contributed by atoms with Gasteiger partial charge in [0.2, 0.25) is 6.29 Å². The molecule has 0 atom stereocenters. The number of hydrogen-bond donors (Lipinski definition) is 0. The first-order valence-corrected chi connectivity index (χ1v) is 4.39. The molecule has 2 heteroatoms. The van der Waals surface area contributed by atoms with Crippen LogP contribution >= 0.6 is 15.9 Å². The molecular formula is C10H8BrO. The first-order chi connectivity index (χ1) is 5.83. The highest BCUT2D eigenvalue weighted by Gasteiger charge is 1.86. The SMILES string of the molecule is O=[C]C/C=C/c1ccc(Br)cc1. The molecule has 0 unspecified atom stereocenters. The molecule has 0 amide bonds. The average Bonchev–Trinajstić information content (AvgIpc) is 2.09. The first kappa shape index (κ1) is 9.20. The second-order valence-corrected chi connectivity index (χ2v) is 3.22. The Morgan fingerprint density at radius 3 is 2.58 bits per heavy atom. The summed E-state index contributed by atoms with van der Waals surface area (Å²) in [6.45, 7) is 0. The van der Waals surface area contributed by atoms with Crippen LogP contribution in [0.4, 0.5) is 0 Å². The van der Waals surface area contributed by atoms with Crippen LogP contribution in [-0.4, -0.2) is 6.29 Å². The van der Waals surface area contributed by atoms with Gasteiger partial charge < -0.3 is 0 Å². The first-order valence-electron chi connectivity index (χ1n) is 3.60. The van der Waals surface area contributed by atoms with Crippen molar-refractivity contribution in [3.05, 3.63) is 40.4 Å². The molecule has 1 radical (unpaired) electrons. The van der Waals surface area contributed by atoms with Crippen molar-refractivity contribution >= 4 is 28.3 Å². The van der Waals surface area contributed by atoms with Gasteiger partial charge in [-0.2, -0.15) is 0 Å². The molecule has 61 valence electrons. The summed E-state index contributed by atoms with van der Waals surface area (Å²) in [5.74, 6) is 0. The predicted octanol–water partition coefficient (Wildman–Crippen LogP) is 2.96. The molecule has 1 aromatic rings. The van der Waals surface area contributed by atoms with Gasteiger partial charge in [0.1, 0.15) is 0 Å². The molecule has 12 heavy (non-hydrogen) atoms. The van der Waals surface area contributed by atoms with E-state index in [1.54, 1.807) is 12.4 Å². The van der Waals surface area contributed by atoms with Gasteiger partial charge in [-0.15, -0.1) is 0 Å². The van der Waals surface area contributed by atoms with Crippen molar-refractivity contribution in [2.45, 2.75) is 6.42 Å². The van der Waals surface area contributed by atoms with Crippen LogP contribution in [0.5, 0.6) is 0 Å². The molecule has 0 aromatic heterocycles. The van der Waals surface area contributed by atoms with E-state index in [1.807, 2.05) is 30.3 Å². The third-order valence-electron chi connectivity index (χ3n) is 1.38. The lowest BCUT2D eigenvalue weighted by Gasteiger charge is -1.91. The van der Waals surface area contributed by atoms with E-state index in [0.29, 0.717) is 6.42 Å². The zero-order chi connectivity index (χ0) is 8.81. The maximum absolute atomic E-state index is 9.87. The third-order valence-corrected chi connectivity index (χ3v) is 1.91. The maximum Gasteiger partial charge on any atom is 0.202 e. The van der Waals surface area contributed by atoms with Gasteiger partial charge in [0.05, 0.1) is 0 Å². The molecular weight excluding hydrogens is 216 g/mol. The third kappa shape index (κ3) is 3.01. The summed E-state index contributed by atoms with van der Waals surface area (Å²) in [6.07, 6.45) is 5.85. The molecule has 0 aliphatic carbocycles. The lowest BCUT2D eigenvalue weighted by molar-refractivity contribution is 0.556. The largest absolute Gasteiger partial charge is 0.291 e. The second-order valence-electron chi connectivity index (χ2n) is 2.30. The molecule has 1 aromatic carbocycles. The van der Waals surface area contributed by atoms with Crippen LogP contribution < -0.4 is 0 Å². The van der Waals surface area contributed by atoms with Gasteiger partial charge in [0, 0.05) is 10.9 Å². The fraction of sp³-hybridized carbons (Fsp3) is 0.100. The lowest BCUT2D eigenvalue weighted by atomic mass is 10.2. The van der Waals surface area contributed by atoms with E-state index >= 15 is 0 Å². The molecule has 0 N–H and O–H groups in total. The summed E-state index contributed by atoms with van der Waals surface area (Å²) in [4.78, 5) is 9.87. The zero-order valence-electron chi connectivity index (χ0n) is 6.46. The standard InChI is InChI=1S/C10H8BrO/c11-10-6-4-9(5-7-10)3-1-2-8-12/h1,3-7H,2H2/b3-1+. The van der Waals surface area contributed by atoms with Crippen LogP contribution in [-0.2, 0) is 4.79 Å². The second kappa shape index (κ2) is 4.88. The lowest BCUT2D eigenvalue weighted by Crippen LogP contribution is -1.71. The van der Waals surface area contributed by atoms with Crippen molar-refractivity contribution in [3.8, 4) is 0 Å². The molecule has 0 bridgehead atoms. The predicted molar refractivity (Wildman–Crippen MR) is 53.5 cm³/mol. The smallest absolute Gasteiger partial charge is 0.202 e. The van der Waals surface area contributed by atoms with E-state index in [2.05, 4.69) is 15.9 Å². The average molecular weight is 224 g/mol. The molecule has 0 spiro atoms. The molecule has 0 saturated carbocycles. The minimum atomic E-state index is 0.357. The van der Waals surface area contributed by atoms with Gasteiger partial charge >= 0.3 is 0 Å². The molecule has 0 aliphatic heterocycles. The fourth-order valence-electron chi connectivity index (χ4n) is 0.817. The molecule has 1 rings (SSSR count). The fourth-order valence-corrected chi connectivity index (χ4v) is 1.08. The van der Waals surface area contributed by atoms with Gasteiger partial charge in [-0.25, -0.2) is 0 Å². The van der Waals surface area contributed by atoms with E-state index in [1.165, 1.54) is 0 Å². The minimum Gasteiger partial charge on any atom is -0.291 e. The number of halogens is 1. The maximum atomic E-state index is 9.87. The summed E-state index contributed by atoms with van der Waals surface area (Å²) >= 11 is 3.34. The topological polar surface area (TPSA) is 17.1 Å². The quantitative estimate of drug-likeness (QED) is 0.771. The van der Waals surface area contributed by atoms with Crippen LogP contribution in [0.2, 0.25) is 0 Å². The van der Waals surface area contributed by atoms with Crippen molar-refractivity contribution < 1.29 is 4.79 Å². The Bertz CT molecular complexity index is 274. The van der Waals surface area contributed by atoms with E-state index in [-0.39, 0.29) is 0 Å². The van der Waals surface area contributed by atoms with E-state index in [0.717, 1.165) is 10.0 Å². The number of allylic oxidation sites excluding steroid dienone is 1. The van der Waals surface area contributed by atoms with E-state index in [4.69, 9.17) is 0 Å². The highest BCUT2D eigenvalue weighted by atomic mass is 79.9. The normalized spacial score (nSPS) is 10.4. The number of hydrogen-bond acceptors (Lipinski definition) is 1. The Kier molecular flexibility index (Phi) is 3.74. The van der Waals surface area contributed by atoms with Crippen molar-refractivity contribution in [1.29, 1.82) is 0 Å². The minimum absolute atomic E-state index is 0.357.